The van der Waals surface area contributed by atoms with E-state index in [0.29, 0.717) is 0 Å². The second-order valence-electron chi connectivity index (χ2n) is 1.74. The van der Waals surface area contributed by atoms with Gasteiger partial charge in [0.2, 0.25) is 0 Å². The van der Waals surface area contributed by atoms with E-state index in [1.165, 1.54) is 6.33 Å². The van der Waals surface area contributed by atoms with Gasteiger partial charge in [-0.15, -0.1) is 12.6 Å². The zero-order chi connectivity index (χ0) is 8.43. The Morgan fingerprint density at radius 1 is 1.82 bits per heavy atom. The van der Waals surface area contributed by atoms with Crippen LogP contribution < -0.4 is 0 Å². The summed E-state index contributed by atoms with van der Waals surface area (Å²) in [6.45, 7) is 0. The molecule has 0 aromatic carbocycles. The van der Waals surface area contributed by atoms with Crippen LogP contribution in [-0.4, -0.2) is 21.0 Å². The highest BCUT2D eigenvalue weighted by molar-refractivity contribution is 7.80. The molecule has 6 heteroatoms. The Hall–Kier alpha value is -0.880. The molecule has 1 rings (SSSR count). The fraction of sp³-hybridized carbons (Fsp3) is 0. The minimum Gasteiger partial charge on any atom is -0.477 e. The molecule has 0 fully saturated rings. The molecule has 0 atom stereocenters. The lowest BCUT2D eigenvalue weighted by molar-refractivity contribution is 0.0691. The number of nitrogens with zero attached hydrogens (tertiary/aromatic N) is 1. The molecule has 0 amide bonds. The second-order valence-corrected chi connectivity index (χ2v) is 2.57. The summed E-state index contributed by atoms with van der Waals surface area (Å²) >= 11 is 8.52. The molecule has 1 heterocycles. The summed E-state index contributed by atoms with van der Waals surface area (Å²) < 4.78 is 0.137. The van der Waals surface area contributed by atoms with Gasteiger partial charge in [-0.3, -0.25) is 0 Å². The fourth-order valence-electron chi connectivity index (χ4n) is 0.583. The number of carboxylic acid groups (broad SMARTS) is 1. The van der Waals surface area contributed by atoms with Crippen LogP contribution in [0.25, 0.3) is 0 Å². The topological polar surface area (TPSA) is 66.0 Å². The van der Waals surface area contributed by atoms with Crippen LogP contribution in [0.4, 0.5) is 0 Å². The van der Waals surface area contributed by atoms with E-state index in [0.717, 1.165) is 0 Å². The number of nitrogens with one attached hydrogen (secondary N) is 1. The van der Waals surface area contributed by atoms with Gasteiger partial charge >= 0.3 is 5.97 Å². The lowest BCUT2D eigenvalue weighted by atomic mass is 10.3. The van der Waals surface area contributed by atoms with E-state index in [2.05, 4.69) is 22.6 Å². The van der Waals surface area contributed by atoms with E-state index in [-0.39, 0.29) is 15.2 Å². The molecule has 0 saturated carbocycles. The van der Waals surface area contributed by atoms with Gasteiger partial charge in [0.15, 0.2) is 0 Å². The maximum Gasteiger partial charge on any atom is 0.341 e. The molecule has 0 aliphatic carbocycles. The van der Waals surface area contributed by atoms with Gasteiger partial charge in [0.25, 0.3) is 0 Å². The molecule has 11 heavy (non-hydrogen) atoms. The van der Waals surface area contributed by atoms with Gasteiger partial charge in [0.1, 0.15) is 15.2 Å². The van der Waals surface area contributed by atoms with Gasteiger partial charge < -0.3 is 10.1 Å². The predicted octanol–water partition coefficient (Wildman–Crippen LogP) is 1.13. The lowest BCUT2D eigenvalue weighted by Gasteiger charge is -1.95. The molecule has 58 valence electrons. The zero-order valence-electron chi connectivity index (χ0n) is 5.24. The number of aromatic carboxylic acids is 1. The Labute approximate surface area is 72.7 Å². The number of carboxylic acids is 1. The standard InChI is InChI=1S/C5H4N2O2S2/c8-5(9)2-3(10)6-1-7-4(2)11/h1H,(H,8,9)(H2,6,7,10,11). The Morgan fingerprint density at radius 2 is 2.45 bits per heavy atom. The van der Waals surface area contributed by atoms with Gasteiger partial charge in [-0.25, -0.2) is 9.78 Å². The van der Waals surface area contributed by atoms with E-state index < -0.39 is 5.97 Å². The van der Waals surface area contributed by atoms with Crippen molar-refractivity contribution in [2.75, 3.05) is 0 Å². The first-order chi connectivity index (χ1) is 5.13. The highest BCUT2D eigenvalue weighted by Gasteiger charge is 2.09. The number of H-pyrrole nitrogens is 1. The smallest absolute Gasteiger partial charge is 0.341 e. The first-order valence-corrected chi connectivity index (χ1v) is 3.48. The number of thiol groups is 1. The minimum atomic E-state index is -1.12. The molecular weight excluding hydrogens is 184 g/mol. The molecule has 0 aliphatic heterocycles. The monoisotopic (exact) mass is 188 g/mol. The van der Waals surface area contributed by atoms with E-state index >= 15 is 0 Å². The van der Waals surface area contributed by atoms with Crippen molar-refractivity contribution in [3.05, 3.63) is 16.5 Å². The Balaban J connectivity index is 3.45. The number of hydrogen-bond acceptors (Lipinski definition) is 4. The fourth-order valence-corrected chi connectivity index (χ4v) is 1.16. The van der Waals surface area contributed by atoms with Crippen molar-refractivity contribution in [3.8, 4) is 0 Å². The quantitative estimate of drug-likeness (QED) is 0.351. The first kappa shape index (κ1) is 8.22. The molecular formula is C5H4N2O2S2. The van der Waals surface area contributed by atoms with Crippen LogP contribution in [0.5, 0.6) is 0 Å². The van der Waals surface area contributed by atoms with Crippen molar-refractivity contribution < 1.29 is 9.90 Å². The molecule has 1 aromatic heterocycles. The third-order valence-corrected chi connectivity index (χ3v) is 1.71. The van der Waals surface area contributed by atoms with E-state index in [9.17, 15) is 4.79 Å². The molecule has 0 unspecified atom stereocenters. The largest absolute Gasteiger partial charge is 0.477 e. The average molecular weight is 188 g/mol. The SMILES string of the molecule is O=C(O)c1c(S)nc[nH]c1=S. The van der Waals surface area contributed by atoms with Gasteiger partial charge in [0, 0.05) is 0 Å². The zero-order valence-corrected chi connectivity index (χ0v) is 6.95. The van der Waals surface area contributed by atoms with Crippen molar-refractivity contribution in [3.63, 3.8) is 0 Å². The van der Waals surface area contributed by atoms with Crippen molar-refractivity contribution in [2.24, 2.45) is 0 Å². The summed E-state index contributed by atoms with van der Waals surface area (Å²) in [5, 5.41) is 8.70. The van der Waals surface area contributed by atoms with Crippen molar-refractivity contribution in [1.82, 2.24) is 9.97 Å². The summed E-state index contributed by atoms with van der Waals surface area (Å²) in [6.07, 6.45) is 1.30. The maximum absolute atomic E-state index is 10.5. The van der Waals surface area contributed by atoms with Crippen molar-refractivity contribution >= 4 is 30.8 Å². The number of aromatic nitrogens is 2. The number of rotatable bonds is 1. The summed E-state index contributed by atoms with van der Waals surface area (Å²) in [5.74, 6) is -1.12. The Kier molecular flexibility index (Phi) is 2.25. The van der Waals surface area contributed by atoms with Crippen LogP contribution in [0, 0.1) is 4.64 Å². The Morgan fingerprint density at radius 3 is 2.82 bits per heavy atom. The Bertz CT molecular complexity index is 347. The highest BCUT2D eigenvalue weighted by Crippen LogP contribution is 2.09. The summed E-state index contributed by atoms with van der Waals surface area (Å²) in [4.78, 5) is 16.6. The predicted molar refractivity (Wildman–Crippen MR) is 43.6 cm³/mol. The second kappa shape index (κ2) is 3.02. The van der Waals surface area contributed by atoms with Crippen molar-refractivity contribution in [1.29, 1.82) is 0 Å². The third kappa shape index (κ3) is 1.58. The molecule has 1 aromatic rings. The molecule has 0 aliphatic rings. The van der Waals surface area contributed by atoms with Crippen LogP contribution in [-0.2, 0) is 0 Å². The summed E-state index contributed by atoms with van der Waals surface area (Å²) in [6, 6.07) is 0. The number of carbonyl (C=O) groups is 1. The van der Waals surface area contributed by atoms with Crippen LogP contribution in [0.15, 0.2) is 11.4 Å². The van der Waals surface area contributed by atoms with E-state index in [1.807, 2.05) is 0 Å². The molecule has 0 bridgehead atoms. The van der Waals surface area contributed by atoms with Gasteiger partial charge in [-0.05, 0) is 0 Å². The molecule has 2 N–H and O–H groups in total. The number of hydrogen-bond donors (Lipinski definition) is 3. The molecule has 0 spiro atoms. The van der Waals surface area contributed by atoms with Crippen LogP contribution in [0.2, 0.25) is 0 Å². The summed E-state index contributed by atoms with van der Waals surface area (Å²) in [7, 11) is 0. The van der Waals surface area contributed by atoms with E-state index in [4.69, 9.17) is 17.3 Å². The summed E-state index contributed by atoms with van der Waals surface area (Å²) in [5.41, 5.74) is -0.0640. The highest BCUT2D eigenvalue weighted by atomic mass is 32.1. The van der Waals surface area contributed by atoms with Gasteiger partial charge in [0.05, 0.1) is 6.33 Å². The van der Waals surface area contributed by atoms with Gasteiger partial charge in [-0.2, -0.15) is 0 Å². The molecule has 0 radical (unpaired) electrons. The first-order valence-electron chi connectivity index (χ1n) is 2.63. The minimum absolute atomic E-state index is 0.0640. The van der Waals surface area contributed by atoms with Crippen LogP contribution in [0.1, 0.15) is 10.4 Å². The molecule has 4 nitrogen and oxygen atoms in total. The van der Waals surface area contributed by atoms with Crippen LogP contribution >= 0.6 is 24.8 Å². The normalized spacial score (nSPS) is 9.55. The van der Waals surface area contributed by atoms with Crippen LogP contribution in [0.3, 0.4) is 0 Å². The van der Waals surface area contributed by atoms with Gasteiger partial charge in [-0.1, -0.05) is 12.2 Å². The number of aromatic amines is 1. The average Bonchev–Trinajstić information content (AvgIpc) is 1.85. The van der Waals surface area contributed by atoms with Crippen molar-refractivity contribution in [2.45, 2.75) is 5.03 Å². The molecule has 0 saturated heterocycles. The maximum atomic E-state index is 10.5. The lowest BCUT2D eigenvalue weighted by Crippen LogP contribution is -2.01. The van der Waals surface area contributed by atoms with E-state index in [1.54, 1.807) is 0 Å². The third-order valence-electron chi connectivity index (χ3n) is 1.05.